The molecule has 2 atom stereocenters. The summed E-state index contributed by atoms with van der Waals surface area (Å²) < 4.78 is 0. The predicted molar refractivity (Wildman–Crippen MR) is 90.6 cm³/mol. The lowest BCUT2D eigenvalue weighted by Crippen LogP contribution is -2.37. The molecule has 7 heteroatoms. The molecule has 1 heterocycles. The van der Waals surface area contributed by atoms with E-state index in [0.29, 0.717) is 24.7 Å². The lowest BCUT2D eigenvalue weighted by atomic mass is 10.0. The van der Waals surface area contributed by atoms with Crippen molar-refractivity contribution in [1.82, 2.24) is 14.9 Å². The number of likely N-dealkylation sites (N-methyl/N-ethyl adjacent to an activating group) is 1. The second-order valence-electron chi connectivity index (χ2n) is 5.68. The fraction of sp³-hybridized carbons (Fsp3) is 0.600. The zero-order chi connectivity index (χ0) is 16.1. The number of hydrogen-bond donors (Lipinski definition) is 3. The monoisotopic (exact) mass is 324 g/mol. The van der Waals surface area contributed by atoms with Gasteiger partial charge in [-0.3, -0.25) is 0 Å². The Kier molecular flexibility index (Phi) is 6.19. The van der Waals surface area contributed by atoms with Crippen LogP contribution in [0.15, 0.2) is 12.4 Å². The number of aromatic nitrogens is 2. The van der Waals surface area contributed by atoms with Gasteiger partial charge in [0.1, 0.15) is 12.1 Å². The van der Waals surface area contributed by atoms with E-state index < -0.39 is 6.10 Å². The Hall–Kier alpha value is -1.15. The number of rotatable bonds is 8. The molecular formula is C15H24N4O2S. The fourth-order valence-corrected chi connectivity index (χ4v) is 3.34. The highest BCUT2D eigenvalue weighted by molar-refractivity contribution is 7.98. The molecule has 0 saturated heterocycles. The van der Waals surface area contributed by atoms with Crippen molar-refractivity contribution >= 4 is 23.2 Å². The van der Waals surface area contributed by atoms with E-state index in [4.69, 9.17) is 5.73 Å². The largest absolute Gasteiger partial charge is 0.396 e. The van der Waals surface area contributed by atoms with Gasteiger partial charge in [-0.15, -0.1) is 0 Å². The van der Waals surface area contributed by atoms with Crippen LogP contribution in [-0.2, 0) is 6.42 Å². The van der Waals surface area contributed by atoms with Gasteiger partial charge in [-0.25, -0.2) is 9.97 Å². The molecule has 0 spiro atoms. The third kappa shape index (κ3) is 3.98. The smallest absolute Gasteiger partial charge is 0.130 e. The lowest BCUT2D eigenvalue weighted by molar-refractivity contribution is 0.0654. The van der Waals surface area contributed by atoms with Crippen molar-refractivity contribution in [3.8, 4) is 0 Å². The molecule has 0 aliphatic heterocycles. The van der Waals surface area contributed by atoms with E-state index in [2.05, 4.69) is 20.9 Å². The van der Waals surface area contributed by atoms with Crippen LogP contribution in [0.25, 0.3) is 5.57 Å². The van der Waals surface area contributed by atoms with Crippen molar-refractivity contribution in [2.24, 2.45) is 5.92 Å². The third-order valence-electron chi connectivity index (χ3n) is 3.94. The van der Waals surface area contributed by atoms with Crippen molar-refractivity contribution in [1.29, 1.82) is 0 Å². The standard InChI is InChI=1S/C15H24N4O2S/c1-19(6-11(7-20)13(21)8-22-2)5-10-3-4-12-14(10)17-9-18-15(12)16/h3,9,11,13,20-21H,4-8H2,1-2H3,(H2,16,17,18)/t11?,13-/m0/s1. The topological polar surface area (TPSA) is 95.5 Å². The van der Waals surface area contributed by atoms with Gasteiger partial charge in [-0.2, -0.15) is 11.8 Å². The molecular weight excluding hydrogens is 300 g/mol. The SMILES string of the molecule is CSC[C@H](O)C(CO)CN(C)CC1=CCc2c(N)ncnc21. The highest BCUT2D eigenvalue weighted by atomic mass is 32.2. The Morgan fingerprint density at radius 3 is 2.91 bits per heavy atom. The molecule has 1 aliphatic carbocycles. The Bertz CT molecular complexity index is 538. The number of nitrogen functional groups attached to an aromatic ring is 1. The maximum atomic E-state index is 10.1. The number of aliphatic hydroxyl groups excluding tert-OH is 2. The number of fused-ring (bicyclic) bond motifs is 1. The van der Waals surface area contributed by atoms with Gasteiger partial charge in [0.05, 0.1) is 11.8 Å². The van der Waals surface area contributed by atoms with Crippen molar-refractivity contribution in [3.05, 3.63) is 23.7 Å². The first kappa shape index (κ1) is 17.2. The minimum absolute atomic E-state index is 0.0170. The molecule has 0 saturated carbocycles. The summed E-state index contributed by atoms with van der Waals surface area (Å²) in [5.74, 6) is 1.03. The van der Waals surface area contributed by atoms with Crippen LogP contribution in [0.5, 0.6) is 0 Å². The molecule has 0 radical (unpaired) electrons. The highest BCUT2D eigenvalue weighted by Gasteiger charge is 2.23. The van der Waals surface area contributed by atoms with E-state index >= 15 is 0 Å². The van der Waals surface area contributed by atoms with Crippen LogP contribution in [0, 0.1) is 5.92 Å². The van der Waals surface area contributed by atoms with Crippen molar-refractivity contribution in [3.63, 3.8) is 0 Å². The van der Waals surface area contributed by atoms with Gasteiger partial charge >= 0.3 is 0 Å². The maximum absolute atomic E-state index is 10.1. The minimum Gasteiger partial charge on any atom is -0.396 e. The van der Waals surface area contributed by atoms with E-state index in [1.807, 2.05) is 13.3 Å². The van der Waals surface area contributed by atoms with E-state index in [-0.39, 0.29) is 12.5 Å². The normalized spacial score (nSPS) is 16.5. The summed E-state index contributed by atoms with van der Waals surface area (Å²) in [7, 11) is 1.98. The van der Waals surface area contributed by atoms with E-state index in [1.165, 1.54) is 6.33 Å². The number of nitrogens with zero attached hydrogens (tertiary/aromatic N) is 3. The van der Waals surface area contributed by atoms with Crippen LogP contribution in [0.2, 0.25) is 0 Å². The Morgan fingerprint density at radius 2 is 2.23 bits per heavy atom. The molecule has 1 aromatic rings. The molecule has 0 aromatic carbocycles. The summed E-state index contributed by atoms with van der Waals surface area (Å²) in [4.78, 5) is 10.5. The van der Waals surface area contributed by atoms with Gasteiger partial charge in [0.15, 0.2) is 0 Å². The van der Waals surface area contributed by atoms with Crippen LogP contribution in [0.4, 0.5) is 5.82 Å². The molecule has 1 unspecified atom stereocenters. The molecule has 6 nitrogen and oxygen atoms in total. The summed E-state index contributed by atoms with van der Waals surface area (Å²) in [6.45, 7) is 1.33. The zero-order valence-electron chi connectivity index (χ0n) is 13.1. The molecule has 0 fully saturated rings. The van der Waals surface area contributed by atoms with E-state index in [1.54, 1.807) is 11.8 Å². The summed E-state index contributed by atoms with van der Waals surface area (Å²) in [5.41, 5.74) is 8.91. The Morgan fingerprint density at radius 1 is 1.45 bits per heavy atom. The predicted octanol–water partition coefficient (Wildman–Crippen LogP) is 0.263. The molecule has 1 aromatic heterocycles. The number of hydrogen-bond acceptors (Lipinski definition) is 7. The van der Waals surface area contributed by atoms with Crippen LogP contribution < -0.4 is 5.73 Å². The molecule has 0 bridgehead atoms. The first-order valence-corrected chi connectivity index (χ1v) is 8.71. The van der Waals surface area contributed by atoms with Gasteiger partial charge in [0.2, 0.25) is 0 Å². The molecule has 2 rings (SSSR count). The lowest BCUT2D eigenvalue weighted by Gasteiger charge is -2.26. The number of thioether (sulfide) groups is 1. The molecule has 4 N–H and O–H groups in total. The Labute approximate surface area is 135 Å². The molecule has 22 heavy (non-hydrogen) atoms. The van der Waals surface area contributed by atoms with Gasteiger partial charge < -0.3 is 20.8 Å². The third-order valence-corrected chi connectivity index (χ3v) is 4.61. The number of aliphatic hydroxyl groups is 2. The number of anilines is 1. The number of nitrogens with two attached hydrogens (primary N) is 1. The Balaban J connectivity index is 1.96. The average molecular weight is 324 g/mol. The summed E-state index contributed by atoms with van der Waals surface area (Å²) in [6, 6.07) is 0. The molecule has 0 amide bonds. The first-order chi connectivity index (χ1) is 10.6. The quantitative estimate of drug-likeness (QED) is 0.631. The fourth-order valence-electron chi connectivity index (χ4n) is 2.73. The van der Waals surface area contributed by atoms with Gasteiger partial charge in [0.25, 0.3) is 0 Å². The van der Waals surface area contributed by atoms with Crippen LogP contribution in [-0.4, -0.2) is 69.9 Å². The van der Waals surface area contributed by atoms with Crippen molar-refractivity contribution in [2.45, 2.75) is 12.5 Å². The number of allylic oxidation sites excluding steroid dienone is 1. The van der Waals surface area contributed by atoms with Crippen LogP contribution in [0.3, 0.4) is 0 Å². The molecule has 122 valence electrons. The molecule has 1 aliphatic rings. The van der Waals surface area contributed by atoms with Crippen molar-refractivity contribution < 1.29 is 10.2 Å². The van der Waals surface area contributed by atoms with Crippen molar-refractivity contribution in [2.75, 3.05) is 44.5 Å². The van der Waals surface area contributed by atoms with E-state index in [0.717, 1.165) is 23.3 Å². The first-order valence-electron chi connectivity index (χ1n) is 7.32. The van der Waals surface area contributed by atoms with Gasteiger partial charge in [-0.1, -0.05) is 6.08 Å². The average Bonchev–Trinajstić information content (AvgIpc) is 2.89. The zero-order valence-corrected chi connectivity index (χ0v) is 13.9. The maximum Gasteiger partial charge on any atom is 0.130 e. The van der Waals surface area contributed by atoms with Gasteiger partial charge in [-0.05, 0) is 25.3 Å². The minimum atomic E-state index is -0.495. The van der Waals surface area contributed by atoms with Crippen LogP contribution in [0.1, 0.15) is 11.3 Å². The second kappa shape index (κ2) is 7.92. The van der Waals surface area contributed by atoms with E-state index in [9.17, 15) is 10.2 Å². The second-order valence-corrected chi connectivity index (χ2v) is 6.59. The van der Waals surface area contributed by atoms with Crippen LogP contribution >= 0.6 is 11.8 Å². The highest BCUT2D eigenvalue weighted by Crippen LogP contribution is 2.28. The van der Waals surface area contributed by atoms with Gasteiger partial charge in [0, 0.05) is 36.9 Å². The summed E-state index contributed by atoms with van der Waals surface area (Å²) in [5, 5.41) is 19.5. The summed E-state index contributed by atoms with van der Waals surface area (Å²) >= 11 is 1.58. The summed E-state index contributed by atoms with van der Waals surface area (Å²) in [6.07, 6.45) is 5.84.